The predicted octanol–water partition coefficient (Wildman–Crippen LogP) is 3.84. The minimum Gasteiger partial charge on any atom is -0.369 e. The maximum atomic E-state index is 11.7. The van der Waals surface area contributed by atoms with Crippen LogP contribution in [0.2, 0.25) is 5.02 Å². The van der Waals surface area contributed by atoms with Crippen LogP contribution in [-0.4, -0.2) is 54.7 Å². The first kappa shape index (κ1) is 21.6. The van der Waals surface area contributed by atoms with Crippen LogP contribution in [-0.2, 0) is 16.6 Å². The Bertz CT molecular complexity index is 1150. The predicted molar refractivity (Wildman–Crippen MR) is 127 cm³/mol. The molecule has 0 unspecified atom stereocenters. The van der Waals surface area contributed by atoms with E-state index in [4.69, 9.17) is 11.6 Å². The minimum absolute atomic E-state index is 0.524. The molecule has 0 saturated carbocycles. The summed E-state index contributed by atoms with van der Waals surface area (Å²) in [6.45, 7) is 3.17. The average Bonchev–Trinajstić information content (AvgIpc) is 3.25. The summed E-state index contributed by atoms with van der Waals surface area (Å²) in [5.41, 5.74) is 4.36. The van der Waals surface area contributed by atoms with Crippen molar-refractivity contribution in [2.45, 2.75) is 6.54 Å². The third-order valence-corrected chi connectivity index (χ3v) is 6.86. The van der Waals surface area contributed by atoms with Gasteiger partial charge in [-0.1, -0.05) is 35.9 Å². The Morgan fingerprint density at radius 1 is 1.00 bits per heavy atom. The van der Waals surface area contributed by atoms with E-state index in [2.05, 4.69) is 52.4 Å². The van der Waals surface area contributed by atoms with E-state index in [-0.39, 0.29) is 0 Å². The van der Waals surface area contributed by atoms with Gasteiger partial charge in [0.05, 0.1) is 12.6 Å². The lowest BCUT2D eigenvalue weighted by molar-refractivity contribution is 0.388. The molecule has 8 heteroatoms. The number of anilines is 1. The maximum Gasteiger partial charge on any atom is 0.211 e. The van der Waals surface area contributed by atoms with E-state index in [0.717, 1.165) is 28.9 Å². The van der Waals surface area contributed by atoms with Gasteiger partial charge in [-0.15, -0.1) is 0 Å². The molecule has 1 aliphatic rings. The Labute approximate surface area is 188 Å². The largest absolute Gasteiger partial charge is 0.369 e. The van der Waals surface area contributed by atoms with E-state index in [1.165, 1.54) is 10.6 Å². The first-order valence-electron chi connectivity index (χ1n) is 10.1. The molecule has 0 radical (unpaired) electrons. The van der Waals surface area contributed by atoms with Gasteiger partial charge in [-0.25, -0.2) is 13.4 Å². The summed E-state index contributed by atoms with van der Waals surface area (Å²) in [6.07, 6.45) is 10.9. The van der Waals surface area contributed by atoms with Gasteiger partial charge in [0.1, 0.15) is 0 Å². The van der Waals surface area contributed by atoms with Crippen LogP contribution < -0.4 is 4.90 Å². The summed E-state index contributed by atoms with van der Waals surface area (Å²) >= 11 is 6.31. The van der Waals surface area contributed by atoms with E-state index >= 15 is 0 Å². The molecule has 0 spiro atoms. The third-order valence-electron chi connectivity index (χ3n) is 5.34. The van der Waals surface area contributed by atoms with Gasteiger partial charge in [0.2, 0.25) is 10.0 Å². The molecule has 1 aliphatic heterocycles. The van der Waals surface area contributed by atoms with Gasteiger partial charge in [-0.3, -0.25) is 0 Å². The minimum atomic E-state index is -3.11. The van der Waals surface area contributed by atoms with Crippen molar-refractivity contribution in [2.75, 3.05) is 37.3 Å². The highest BCUT2D eigenvalue weighted by Gasteiger charge is 2.23. The van der Waals surface area contributed by atoms with Crippen LogP contribution in [0.25, 0.3) is 12.2 Å². The number of imidazole rings is 1. The van der Waals surface area contributed by atoms with Gasteiger partial charge < -0.3 is 9.47 Å². The molecule has 162 valence electrons. The molecular formula is C23H25ClN4O2S. The van der Waals surface area contributed by atoms with Gasteiger partial charge in [-0.05, 0) is 47.0 Å². The second-order valence-corrected chi connectivity index (χ2v) is 10.1. The summed E-state index contributed by atoms with van der Waals surface area (Å²) in [5, 5.41) is 0.709. The monoisotopic (exact) mass is 456 g/mol. The van der Waals surface area contributed by atoms with Crippen LogP contribution in [0.3, 0.4) is 0 Å². The molecule has 1 fully saturated rings. The molecule has 0 N–H and O–H groups in total. The third kappa shape index (κ3) is 5.76. The number of hydrogen-bond donors (Lipinski definition) is 0. The number of rotatable bonds is 6. The van der Waals surface area contributed by atoms with E-state index in [9.17, 15) is 8.42 Å². The zero-order valence-corrected chi connectivity index (χ0v) is 18.9. The number of halogens is 1. The van der Waals surface area contributed by atoms with Crippen molar-refractivity contribution in [3.05, 3.63) is 82.9 Å². The molecule has 0 aliphatic carbocycles. The molecular weight excluding hydrogens is 432 g/mol. The van der Waals surface area contributed by atoms with Crippen LogP contribution in [0.4, 0.5) is 5.69 Å². The lowest BCUT2D eigenvalue weighted by Gasteiger charge is -2.34. The Morgan fingerprint density at radius 3 is 2.35 bits per heavy atom. The molecule has 6 nitrogen and oxygen atoms in total. The van der Waals surface area contributed by atoms with Crippen molar-refractivity contribution in [1.82, 2.24) is 13.9 Å². The van der Waals surface area contributed by atoms with Crippen molar-refractivity contribution in [3.63, 3.8) is 0 Å². The number of hydrogen-bond acceptors (Lipinski definition) is 4. The van der Waals surface area contributed by atoms with E-state index in [1.54, 1.807) is 12.5 Å². The average molecular weight is 457 g/mol. The van der Waals surface area contributed by atoms with E-state index in [1.807, 2.05) is 22.9 Å². The Kier molecular flexibility index (Phi) is 6.46. The van der Waals surface area contributed by atoms with Crippen molar-refractivity contribution >= 4 is 39.5 Å². The zero-order valence-electron chi connectivity index (χ0n) is 17.4. The molecule has 0 amide bonds. The number of piperazine rings is 1. The van der Waals surface area contributed by atoms with Gasteiger partial charge in [0.15, 0.2) is 0 Å². The van der Waals surface area contributed by atoms with Gasteiger partial charge >= 0.3 is 0 Å². The zero-order chi connectivity index (χ0) is 21.8. The summed E-state index contributed by atoms with van der Waals surface area (Å²) in [5.74, 6) is 0. The summed E-state index contributed by atoms with van der Waals surface area (Å²) < 4.78 is 26.9. The fraction of sp³-hybridized carbons (Fsp3) is 0.261. The lowest BCUT2D eigenvalue weighted by Crippen LogP contribution is -2.48. The molecule has 0 atom stereocenters. The molecule has 4 rings (SSSR count). The van der Waals surface area contributed by atoms with Crippen molar-refractivity contribution < 1.29 is 8.42 Å². The topological polar surface area (TPSA) is 58.4 Å². The number of aromatic nitrogens is 2. The first-order chi connectivity index (χ1) is 14.9. The summed E-state index contributed by atoms with van der Waals surface area (Å²) in [7, 11) is -3.11. The maximum absolute atomic E-state index is 11.7. The molecule has 31 heavy (non-hydrogen) atoms. The normalized spacial score (nSPS) is 15.6. The quantitative estimate of drug-likeness (QED) is 0.529. The van der Waals surface area contributed by atoms with Gasteiger partial charge in [0, 0.05) is 55.8 Å². The molecule has 2 heterocycles. The molecule has 1 aromatic heterocycles. The van der Waals surface area contributed by atoms with E-state index < -0.39 is 10.0 Å². The van der Waals surface area contributed by atoms with Crippen LogP contribution >= 0.6 is 11.6 Å². The molecule has 1 saturated heterocycles. The fourth-order valence-corrected chi connectivity index (χ4v) is 4.81. The van der Waals surface area contributed by atoms with Crippen LogP contribution in [0.1, 0.15) is 16.7 Å². The first-order valence-corrected chi connectivity index (χ1v) is 12.3. The molecule has 2 aromatic carbocycles. The Balaban J connectivity index is 1.41. The van der Waals surface area contributed by atoms with Crippen molar-refractivity contribution in [2.24, 2.45) is 0 Å². The second-order valence-electron chi connectivity index (χ2n) is 7.70. The highest BCUT2D eigenvalue weighted by Crippen LogP contribution is 2.21. The number of sulfonamides is 1. The summed E-state index contributed by atoms with van der Waals surface area (Å²) in [6, 6.07) is 14.4. The lowest BCUT2D eigenvalue weighted by atomic mass is 10.1. The van der Waals surface area contributed by atoms with E-state index in [0.29, 0.717) is 31.2 Å². The molecule has 0 bridgehead atoms. The standard InChI is InChI=1S/C23H25ClN4O2S/c1-31(29,30)28-12-10-27(11-13-28)23-6-4-19(5-7-23)2-3-20-14-21(16-22(24)15-20)17-26-9-8-25-18-26/h2-9,14-16,18H,10-13,17H2,1H3. The van der Waals surface area contributed by atoms with Crippen molar-refractivity contribution in [3.8, 4) is 0 Å². The number of nitrogens with zero attached hydrogens (tertiary/aromatic N) is 4. The highest BCUT2D eigenvalue weighted by atomic mass is 35.5. The SMILES string of the molecule is CS(=O)(=O)N1CCN(c2ccc(C=Cc3cc(Cl)cc(Cn4ccnc4)c3)cc2)CC1. The Morgan fingerprint density at radius 2 is 1.71 bits per heavy atom. The molecule has 3 aromatic rings. The van der Waals surface area contributed by atoms with Gasteiger partial charge in [-0.2, -0.15) is 4.31 Å². The van der Waals surface area contributed by atoms with Crippen molar-refractivity contribution in [1.29, 1.82) is 0 Å². The van der Waals surface area contributed by atoms with Crippen LogP contribution in [0.5, 0.6) is 0 Å². The Hall–Kier alpha value is -2.61. The fourth-order valence-electron chi connectivity index (χ4n) is 3.72. The van der Waals surface area contributed by atoms with Gasteiger partial charge in [0.25, 0.3) is 0 Å². The van der Waals surface area contributed by atoms with Crippen LogP contribution in [0.15, 0.2) is 61.2 Å². The smallest absolute Gasteiger partial charge is 0.211 e. The highest BCUT2D eigenvalue weighted by molar-refractivity contribution is 7.88. The summed E-state index contributed by atoms with van der Waals surface area (Å²) in [4.78, 5) is 6.29. The second kappa shape index (κ2) is 9.26. The van der Waals surface area contributed by atoms with Crippen LogP contribution in [0, 0.1) is 0 Å². The number of benzene rings is 2.